The smallest absolute Gasteiger partial charge is 0.100 e. The summed E-state index contributed by atoms with van der Waals surface area (Å²) in [5, 5.41) is 24.3. The molecule has 0 heterocycles. The monoisotopic (exact) mass is 93.1 g/mol. The largest absolute Gasteiger partial charge is 0.394 e. The quantitative estimate of drug-likeness (QED) is 0.382. The summed E-state index contributed by atoms with van der Waals surface area (Å²) in [6, 6.07) is 0. The topological polar surface area (TPSA) is 60.7 Å². The third-order valence-corrected chi connectivity index (χ3v) is 0.359. The summed E-state index contributed by atoms with van der Waals surface area (Å²) in [6.07, 6.45) is -1.32. The number of aliphatic hydroxyl groups excluding tert-OH is 3. The summed E-state index contributed by atoms with van der Waals surface area (Å²) in [6.45, 7) is -2.14. The minimum atomic E-state index is -1.58. The van der Waals surface area contributed by atoms with Crippen LogP contribution in [0.4, 0.5) is 0 Å². The molecule has 0 radical (unpaired) electrons. The molecular formula is C3H8O3. The van der Waals surface area contributed by atoms with E-state index in [1.807, 2.05) is 0 Å². The van der Waals surface area contributed by atoms with Crippen molar-refractivity contribution in [3.63, 3.8) is 0 Å². The zero-order valence-electron chi connectivity index (χ0n) is 4.20. The Kier molecular flexibility index (Phi) is 2.08. The Morgan fingerprint density at radius 1 is 1.67 bits per heavy atom. The number of aliphatic hydroxyl groups is 3. The van der Waals surface area contributed by atoms with Crippen LogP contribution in [-0.4, -0.2) is 34.6 Å². The van der Waals surface area contributed by atoms with E-state index in [0.29, 0.717) is 0 Å². The molecule has 0 bridgehead atoms. The van der Waals surface area contributed by atoms with Gasteiger partial charge in [-0.2, -0.15) is 0 Å². The lowest BCUT2D eigenvalue weighted by Gasteiger charge is -1.96. The lowest BCUT2D eigenvalue weighted by Crippen LogP contribution is -2.15. The summed E-state index contributed by atoms with van der Waals surface area (Å²) in [5.74, 6) is 0. The van der Waals surface area contributed by atoms with Crippen molar-refractivity contribution in [2.75, 3.05) is 13.2 Å². The van der Waals surface area contributed by atoms with E-state index >= 15 is 0 Å². The van der Waals surface area contributed by atoms with Crippen LogP contribution in [0.15, 0.2) is 0 Å². The maximum Gasteiger partial charge on any atom is 0.100 e. The van der Waals surface area contributed by atoms with Crippen molar-refractivity contribution in [1.82, 2.24) is 0 Å². The molecule has 0 rings (SSSR count). The Bertz CT molecular complexity index is 47.4. The molecule has 0 amide bonds. The molecule has 0 aliphatic carbocycles. The Labute approximate surface area is 37.3 Å². The average molecular weight is 93.1 g/mol. The van der Waals surface area contributed by atoms with Gasteiger partial charge in [0.2, 0.25) is 0 Å². The third kappa shape index (κ3) is 2.14. The van der Waals surface area contributed by atoms with Gasteiger partial charge in [-0.05, 0) is 0 Å². The van der Waals surface area contributed by atoms with Crippen molar-refractivity contribution < 1.29 is 16.7 Å². The van der Waals surface area contributed by atoms with Gasteiger partial charge in [-0.1, -0.05) is 0 Å². The molecule has 2 atom stereocenters. The van der Waals surface area contributed by atoms with Crippen LogP contribution in [0.2, 0.25) is 0 Å². The second-order valence-corrected chi connectivity index (χ2v) is 0.899. The molecule has 6 heavy (non-hydrogen) atoms. The van der Waals surface area contributed by atoms with Gasteiger partial charge in [-0.3, -0.25) is 0 Å². The Morgan fingerprint density at radius 2 is 2.17 bits per heavy atom. The standard InChI is InChI=1S/C3H8O3/c4-1-3(6)2-5/h3-6H,1-2H2/i1D/t1-,3-/m0/s1. The Balaban J connectivity index is 3.14. The molecule has 0 aliphatic heterocycles. The highest BCUT2D eigenvalue weighted by Crippen LogP contribution is 1.71. The van der Waals surface area contributed by atoms with E-state index in [9.17, 15) is 0 Å². The van der Waals surface area contributed by atoms with Gasteiger partial charge in [0.1, 0.15) is 6.10 Å². The molecule has 0 aromatic carbocycles. The molecule has 0 aromatic heterocycles. The second kappa shape index (κ2) is 3.08. The normalized spacial score (nSPS) is 22.2. The first kappa shape index (κ1) is 4.05. The van der Waals surface area contributed by atoms with E-state index < -0.39 is 19.3 Å². The van der Waals surface area contributed by atoms with Crippen LogP contribution in [0.3, 0.4) is 0 Å². The van der Waals surface area contributed by atoms with Crippen molar-refractivity contribution in [3.8, 4) is 0 Å². The van der Waals surface area contributed by atoms with Crippen molar-refractivity contribution in [3.05, 3.63) is 0 Å². The Morgan fingerprint density at radius 3 is 2.17 bits per heavy atom. The zero-order valence-corrected chi connectivity index (χ0v) is 3.20. The second-order valence-electron chi connectivity index (χ2n) is 0.899. The van der Waals surface area contributed by atoms with Crippen LogP contribution in [0.5, 0.6) is 0 Å². The highest BCUT2D eigenvalue weighted by molar-refractivity contribution is 4.43. The van der Waals surface area contributed by atoms with Crippen molar-refractivity contribution in [1.29, 1.82) is 0 Å². The fraction of sp³-hybridized carbons (Fsp3) is 1.00. The van der Waals surface area contributed by atoms with E-state index in [-0.39, 0.29) is 0 Å². The predicted octanol–water partition coefficient (Wildman–Crippen LogP) is -1.67. The van der Waals surface area contributed by atoms with Crippen molar-refractivity contribution >= 4 is 0 Å². The Hall–Kier alpha value is -0.120. The summed E-state index contributed by atoms with van der Waals surface area (Å²) in [7, 11) is 0. The van der Waals surface area contributed by atoms with Crippen molar-refractivity contribution in [2.24, 2.45) is 0 Å². The summed E-state index contributed by atoms with van der Waals surface area (Å²) >= 11 is 0. The lowest BCUT2D eigenvalue weighted by molar-refractivity contribution is 0.0450. The summed E-state index contributed by atoms with van der Waals surface area (Å²) in [5.41, 5.74) is 0. The highest BCUT2D eigenvalue weighted by atomic mass is 16.3. The molecule has 3 heteroatoms. The molecule has 0 aliphatic rings. The van der Waals surface area contributed by atoms with Gasteiger partial charge in [-0.15, -0.1) is 0 Å². The van der Waals surface area contributed by atoms with Gasteiger partial charge in [0.15, 0.2) is 0 Å². The van der Waals surface area contributed by atoms with Crippen LogP contribution in [0, 0.1) is 0 Å². The number of hydrogen-bond acceptors (Lipinski definition) is 3. The zero-order chi connectivity index (χ0) is 5.86. The van der Waals surface area contributed by atoms with Crippen LogP contribution >= 0.6 is 0 Å². The minimum absolute atomic E-state index is 0.565. The lowest BCUT2D eigenvalue weighted by atomic mass is 10.4. The van der Waals surface area contributed by atoms with Gasteiger partial charge >= 0.3 is 0 Å². The predicted molar refractivity (Wildman–Crippen MR) is 20.2 cm³/mol. The van der Waals surface area contributed by atoms with Crippen LogP contribution in [0.25, 0.3) is 0 Å². The van der Waals surface area contributed by atoms with E-state index in [4.69, 9.17) is 16.7 Å². The van der Waals surface area contributed by atoms with E-state index in [0.717, 1.165) is 0 Å². The van der Waals surface area contributed by atoms with Gasteiger partial charge in [0.25, 0.3) is 0 Å². The van der Waals surface area contributed by atoms with Gasteiger partial charge in [-0.25, -0.2) is 0 Å². The van der Waals surface area contributed by atoms with Crippen LogP contribution in [-0.2, 0) is 0 Å². The highest BCUT2D eigenvalue weighted by Gasteiger charge is 1.93. The molecule has 3 nitrogen and oxygen atoms in total. The van der Waals surface area contributed by atoms with E-state index in [2.05, 4.69) is 0 Å². The maximum absolute atomic E-state index is 8.25. The first-order valence-electron chi connectivity index (χ1n) is 2.15. The maximum atomic E-state index is 8.25. The molecule has 38 valence electrons. The molecule has 0 saturated carbocycles. The fourth-order valence-electron chi connectivity index (χ4n) is 0.0471. The van der Waals surface area contributed by atoms with E-state index in [1.165, 1.54) is 0 Å². The molecule has 0 spiro atoms. The van der Waals surface area contributed by atoms with E-state index in [1.54, 1.807) is 0 Å². The third-order valence-electron chi connectivity index (χ3n) is 0.359. The minimum Gasteiger partial charge on any atom is -0.394 e. The summed E-state index contributed by atoms with van der Waals surface area (Å²) < 4.78 is 6.33. The molecule has 0 saturated heterocycles. The summed E-state index contributed by atoms with van der Waals surface area (Å²) in [4.78, 5) is 0. The molecule has 0 unspecified atom stereocenters. The molecule has 0 fully saturated rings. The van der Waals surface area contributed by atoms with Crippen LogP contribution < -0.4 is 0 Å². The fourth-order valence-corrected chi connectivity index (χ4v) is 0.0471. The first-order valence-corrected chi connectivity index (χ1v) is 1.57. The van der Waals surface area contributed by atoms with Gasteiger partial charge < -0.3 is 15.3 Å². The van der Waals surface area contributed by atoms with Gasteiger partial charge in [0.05, 0.1) is 14.6 Å². The van der Waals surface area contributed by atoms with Gasteiger partial charge in [0, 0.05) is 0 Å². The first-order chi connectivity index (χ1) is 3.18. The number of hydrogen-bond donors (Lipinski definition) is 3. The molecule has 3 N–H and O–H groups in total. The molecule has 0 aromatic rings. The average Bonchev–Trinajstić information content (AvgIpc) is 1.65. The van der Waals surface area contributed by atoms with Crippen molar-refractivity contribution in [2.45, 2.75) is 6.10 Å². The SMILES string of the molecule is [2H][C@H](O)[C@H](O)CO. The number of rotatable bonds is 2. The van der Waals surface area contributed by atoms with Crippen LogP contribution in [0.1, 0.15) is 1.37 Å². The molecular weight excluding hydrogens is 84.0 g/mol.